The maximum absolute atomic E-state index is 12.5. The average Bonchev–Trinajstić information content (AvgIpc) is 2.73. The van der Waals surface area contributed by atoms with Gasteiger partial charge in [0.05, 0.1) is 11.9 Å². The molecular formula is C20H19BrClN5OS. The summed E-state index contributed by atoms with van der Waals surface area (Å²) < 4.78 is 2.30. The number of benzene rings is 2. The van der Waals surface area contributed by atoms with Crippen molar-refractivity contribution in [3.63, 3.8) is 0 Å². The summed E-state index contributed by atoms with van der Waals surface area (Å²) in [5, 5.41) is 14.3. The summed E-state index contributed by atoms with van der Waals surface area (Å²) in [6.07, 6.45) is 3.41. The van der Waals surface area contributed by atoms with Crippen LogP contribution in [0.15, 0.2) is 53.1 Å². The van der Waals surface area contributed by atoms with Gasteiger partial charge >= 0.3 is 6.03 Å². The van der Waals surface area contributed by atoms with E-state index in [9.17, 15) is 4.79 Å². The minimum Gasteiger partial charge on any atom is -0.354 e. The number of thiol groups is 1. The number of urea groups is 1. The number of hydrogen-bond acceptors (Lipinski definition) is 5. The Kier molecular flexibility index (Phi) is 6.12. The number of carbonyl (C=O) groups excluding carboxylic acids is 1. The van der Waals surface area contributed by atoms with Gasteiger partial charge in [0.25, 0.3) is 0 Å². The van der Waals surface area contributed by atoms with Crippen molar-refractivity contribution >= 4 is 68.7 Å². The van der Waals surface area contributed by atoms with E-state index in [2.05, 4.69) is 55.2 Å². The molecule has 1 saturated heterocycles. The Labute approximate surface area is 187 Å². The van der Waals surface area contributed by atoms with Crippen LogP contribution in [0.5, 0.6) is 0 Å². The number of halogens is 2. The lowest BCUT2D eigenvalue weighted by molar-refractivity contribution is 0.243. The van der Waals surface area contributed by atoms with Gasteiger partial charge in [-0.1, -0.05) is 46.4 Å². The highest BCUT2D eigenvalue weighted by atomic mass is 79.9. The fourth-order valence-electron chi connectivity index (χ4n) is 3.47. The van der Waals surface area contributed by atoms with Crippen molar-refractivity contribution in [2.24, 2.45) is 0 Å². The van der Waals surface area contributed by atoms with Crippen LogP contribution in [0, 0.1) is 0 Å². The van der Waals surface area contributed by atoms with Gasteiger partial charge < -0.3 is 10.2 Å². The van der Waals surface area contributed by atoms with E-state index in [1.54, 1.807) is 30.5 Å². The zero-order valence-corrected chi connectivity index (χ0v) is 18.7. The van der Waals surface area contributed by atoms with Crippen LogP contribution in [0.25, 0.3) is 10.8 Å². The van der Waals surface area contributed by atoms with E-state index in [1.807, 2.05) is 12.1 Å². The minimum atomic E-state index is -0.260. The molecule has 2 heterocycles. The largest absolute Gasteiger partial charge is 0.354 e. The first-order chi connectivity index (χ1) is 14.0. The van der Waals surface area contributed by atoms with Crippen molar-refractivity contribution in [1.29, 1.82) is 0 Å². The zero-order valence-electron chi connectivity index (χ0n) is 15.4. The molecule has 4 rings (SSSR count). The van der Waals surface area contributed by atoms with Gasteiger partial charge in [-0.25, -0.2) is 9.10 Å². The monoisotopic (exact) mass is 491 g/mol. The number of anilines is 2. The van der Waals surface area contributed by atoms with E-state index in [-0.39, 0.29) is 12.1 Å². The van der Waals surface area contributed by atoms with Crippen molar-refractivity contribution in [3.05, 3.63) is 58.2 Å². The molecule has 9 heteroatoms. The minimum absolute atomic E-state index is 0.0738. The summed E-state index contributed by atoms with van der Waals surface area (Å²) in [4.78, 5) is 14.8. The molecule has 0 atom stereocenters. The highest BCUT2D eigenvalue weighted by molar-refractivity contribution is 9.10. The van der Waals surface area contributed by atoms with Gasteiger partial charge in [-0.05, 0) is 49.2 Å². The highest BCUT2D eigenvalue weighted by Crippen LogP contribution is 2.28. The van der Waals surface area contributed by atoms with Crippen LogP contribution < -0.4 is 14.5 Å². The highest BCUT2D eigenvalue weighted by Gasteiger charge is 2.24. The number of aromatic nitrogens is 2. The Bertz CT molecular complexity index is 1040. The Hall–Kier alpha value is -2.03. The topological polar surface area (TPSA) is 61.4 Å². The van der Waals surface area contributed by atoms with Crippen LogP contribution in [0.3, 0.4) is 0 Å². The summed E-state index contributed by atoms with van der Waals surface area (Å²) in [6, 6.07) is 13.0. The summed E-state index contributed by atoms with van der Waals surface area (Å²) in [5.41, 5.74) is 0.632. The summed E-state index contributed by atoms with van der Waals surface area (Å²) in [6.45, 7) is 1.58. The second-order valence-electron chi connectivity index (χ2n) is 6.90. The third-order valence-corrected chi connectivity index (χ3v) is 6.11. The molecule has 1 aliphatic rings. The average molecular weight is 493 g/mol. The van der Waals surface area contributed by atoms with E-state index in [0.717, 1.165) is 47.0 Å². The number of fused-ring (bicyclic) bond motifs is 1. The van der Waals surface area contributed by atoms with Crippen molar-refractivity contribution < 1.29 is 4.79 Å². The van der Waals surface area contributed by atoms with Crippen molar-refractivity contribution in [2.75, 3.05) is 22.3 Å². The molecule has 0 aliphatic carbocycles. The van der Waals surface area contributed by atoms with Gasteiger partial charge in [0, 0.05) is 39.4 Å². The van der Waals surface area contributed by atoms with Gasteiger partial charge in [0.2, 0.25) is 0 Å². The van der Waals surface area contributed by atoms with E-state index >= 15 is 0 Å². The number of amides is 2. The Morgan fingerprint density at radius 1 is 1.24 bits per heavy atom. The smallest absolute Gasteiger partial charge is 0.332 e. The summed E-state index contributed by atoms with van der Waals surface area (Å²) >= 11 is 13.8. The first kappa shape index (κ1) is 20.3. The fraction of sp³-hybridized carbons (Fsp3) is 0.250. The molecule has 29 heavy (non-hydrogen) atoms. The summed E-state index contributed by atoms with van der Waals surface area (Å²) in [7, 11) is 0. The number of piperidine rings is 1. The molecule has 3 aromatic rings. The predicted octanol–water partition coefficient (Wildman–Crippen LogP) is 5.08. The second-order valence-corrected chi connectivity index (χ2v) is 8.65. The molecule has 1 N–H and O–H groups in total. The van der Waals surface area contributed by atoms with E-state index < -0.39 is 0 Å². The maximum atomic E-state index is 12.5. The quantitative estimate of drug-likeness (QED) is 0.501. The van der Waals surface area contributed by atoms with Crippen LogP contribution in [-0.2, 0) is 0 Å². The molecule has 2 aromatic carbocycles. The maximum Gasteiger partial charge on any atom is 0.332 e. The normalized spacial score (nSPS) is 14.8. The fourth-order valence-corrected chi connectivity index (χ4v) is 4.22. The number of nitrogens with zero attached hydrogens (tertiary/aromatic N) is 4. The Balaban J connectivity index is 1.39. The third kappa shape index (κ3) is 4.60. The van der Waals surface area contributed by atoms with Crippen LogP contribution in [0.2, 0.25) is 5.02 Å². The van der Waals surface area contributed by atoms with Crippen LogP contribution in [0.1, 0.15) is 12.8 Å². The molecular weight excluding hydrogens is 474 g/mol. The third-order valence-electron chi connectivity index (χ3n) is 4.97. The zero-order chi connectivity index (χ0) is 20.4. The van der Waals surface area contributed by atoms with E-state index in [0.29, 0.717) is 10.7 Å². The molecule has 1 fully saturated rings. The van der Waals surface area contributed by atoms with Crippen molar-refractivity contribution in [2.45, 2.75) is 18.9 Å². The molecule has 0 spiro atoms. The molecule has 0 unspecified atom stereocenters. The van der Waals surface area contributed by atoms with Crippen molar-refractivity contribution in [3.8, 4) is 0 Å². The van der Waals surface area contributed by atoms with Crippen LogP contribution >= 0.6 is 40.3 Å². The van der Waals surface area contributed by atoms with E-state index in [4.69, 9.17) is 11.6 Å². The lowest BCUT2D eigenvalue weighted by atomic mass is 10.0. The number of rotatable bonds is 3. The molecule has 1 aliphatic heterocycles. The molecule has 150 valence electrons. The lowest BCUT2D eigenvalue weighted by Gasteiger charge is -2.34. The molecule has 0 radical (unpaired) electrons. The van der Waals surface area contributed by atoms with Gasteiger partial charge in [-0.2, -0.15) is 5.10 Å². The molecule has 0 saturated carbocycles. The predicted molar refractivity (Wildman–Crippen MR) is 124 cm³/mol. The Morgan fingerprint density at radius 3 is 2.79 bits per heavy atom. The van der Waals surface area contributed by atoms with Gasteiger partial charge in [-0.3, -0.25) is 0 Å². The van der Waals surface area contributed by atoms with Crippen LogP contribution in [0.4, 0.5) is 16.3 Å². The molecule has 0 bridgehead atoms. The van der Waals surface area contributed by atoms with Crippen molar-refractivity contribution in [1.82, 2.24) is 15.5 Å². The Morgan fingerprint density at radius 2 is 2.03 bits per heavy atom. The van der Waals surface area contributed by atoms with Crippen LogP contribution in [-0.4, -0.2) is 35.4 Å². The van der Waals surface area contributed by atoms with Gasteiger partial charge in [0.15, 0.2) is 5.82 Å². The molecule has 6 nitrogen and oxygen atoms in total. The first-order valence-electron chi connectivity index (χ1n) is 9.22. The SMILES string of the molecule is O=C(NC1CCN(c2nncc3cc(Br)ccc23)CC1)N(S)c1cccc(Cl)c1. The lowest BCUT2D eigenvalue weighted by Crippen LogP contribution is -2.47. The first-order valence-corrected chi connectivity index (χ1v) is 10.8. The number of hydrogen-bond donors (Lipinski definition) is 2. The standard InChI is InChI=1S/C20H19BrClN5OS/c21-14-4-5-18-13(10-14)12-23-25-19(18)26-8-6-16(7-9-26)24-20(28)27(29)17-3-1-2-15(22)11-17/h1-5,10-12,16,29H,6-9H2,(H,24,28). The van der Waals surface area contributed by atoms with E-state index in [1.165, 1.54) is 4.31 Å². The number of nitrogens with one attached hydrogen (secondary N) is 1. The van der Waals surface area contributed by atoms with Gasteiger partial charge in [-0.15, -0.1) is 5.10 Å². The summed E-state index contributed by atoms with van der Waals surface area (Å²) in [5.74, 6) is 0.884. The number of carbonyl (C=O) groups is 1. The molecule has 2 amide bonds. The van der Waals surface area contributed by atoms with Gasteiger partial charge in [0.1, 0.15) is 0 Å². The second kappa shape index (κ2) is 8.77. The molecule has 1 aromatic heterocycles.